The molecule has 0 saturated heterocycles. The molecule has 0 N–H and O–H groups in total. The number of hydrogen-bond acceptors (Lipinski definition) is 2. The van der Waals surface area contributed by atoms with Crippen molar-refractivity contribution in [3.8, 4) is 11.8 Å². The van der Waals surface area contributed by atoms with Gasteiger partial charge >= 0.3 is 5.97 Å². The number of ether oxygens (including phenoxy) is 1. The molecule has 0 aliphatic carbocycles. The van der Waals surface area contributed by atoms with Crippen LogP contribution in [0.15, 0.2) is 30.3 Å². The van der Waals surface area contributed by atoms with Crippen LogP contribution >= 0.6 is 15.9 Å². The lowest BCUT2D eigenvalue weighted by molar-refractivity contribution is 0.0527. The van der Waals surface area contributed by atoms with Gasteiger partial charge in [-0.05, 0) is 40.9 Å². The van der Waals surface area contributed by atoms with E-state index in [1.54, 1.807) is 31.2 Å². The number of carbonyl (C=O) groups excluding carboxylic acids is 1. The average molecular weight is 253 g/mol. The van der Waals surface area contributed by atoms with Crippen molar-refractivity contribution in [3.05, 3.63) is 35.9 Å². The fraction of sp³-hybridized carbons (Fsp3) is 0.182. The fourth-order valence-electron chi connectivity index (χ4n) is 0.879. The normalized spacial score (nSPS) is 11.0. The first kappa shape index (κ1) is 10.8. The van der Waals surface area contributed by atoms with E-state index in [4.69, 9.17) is 4.74 Å². The van der Waals surface area contributed by atoms with Gasteiger partial charge in [-0.15, -0.1) is 5.92 Å². The molecule has 0 spiro atoms. The second-order valence-corrected chi connectivity index (χ2v) is 3.31. The predicted molar refractivity (Wildman–Crippen MR) is 58.0 cm³/mol. The second kappa shape index (κ2) is 5.46. The van der Waals surface area contributed by atoms with Gasteiger partial charge < -0.3 is 4.74 Å². The molecule has 0 amide bonds. The van der Waals surface area contributed by atoms with Crippen LogP contribution in [0.5, 0.6) is 0 Å². The van der Waals surface area contributed by atoms with Crippen LogP contribution in [-0.2, 0) is 4.74 Å². The highest BCUT2D eigenvalue weighted by Crippen LogP contribution is 2.06. The molecular formula is C11H9BrO2. The third-order valence-corrected chi connectivity index (χ3v) is 1.89. The lowest BCUT2D eigenvalue weighted by Crippen LogP contribution is -2.10. The second-order valence-electron chi connectivity index (χ2n) is 2.48. The van der Waals surface area contributed by atoms with Crippen molar-refractivity contribution < 1.29 is 9.53 Å². The van der Waals surface area contributed by atoms with E-state index in [9.17, 15) is 4.79 Å². The van der Waals surface area contributed by atoms with Gasteiger partial charge in [0.2, 0.25) is 5.01 Å². The van der Waals surface area contributed by atoms with Crippen molar-refractivity contribution in [2.24, 2.45) is 0 Å². The van der Waals surface area contributed by atoms with E-state index >= 15 is 0 Å². The molecule has 72 valence electrons. The maximum absolute atomic E-state index is 11.4. The smallest absolute Gasteiger partial charge is 0.340 e. The van der Waals surface area contributed by atoms with Crippen LogP contribution in [0.2, 0.25) is 0 Å². The molecule has 0 heterocycles. The van der Waals surface area contributed by atoms with Gasteiger partial charge in [-0.25, -0.2) is 4.79 Å². The van der Waals surface area contributed by atoms with Gasteiger partial charge in [0.15, 0.2) is 0 Å². The van der Waals surface area contributed by atoms with Crippen molar-refractivity contribution in [2.45, 2.75) is 11.9 Å². The van der Waals surface area contributed by atoms with Crippen molar-refractivity contribution in [2.75, 3.05) is 0 Å². The molecular weight excluding hydrogens is 244 g/mol. The Balaban J connectivity index is 2.62. The Labute approximate surface area is 91.4 Å². The van der Waals surface area contributed by atoms with Crippen LogP contribution in [0.1, 0.15) is 17.3 Å². The summed E-state index contributed by atoms with van der Waals surface area (Å²) in [7, 11) is 0. The van der Waals surface area contributed by atoms with Crippen LogP contribution < -0.4 is 0 Å². The van der Waals surface area contributed by atoms with Gasteiger partial charge in [-0.2, -0.15) is 0 Å². The summed E-state index contributed by atoms with van der Waals surface area (Å²) in [6.45, 7) is 1.69. The number of benzene rings is 1. The summed E-state index contributed by atoms with van der Waals surface area (Å²) in [5.41, 5.74) is 0.523. The molecule has 0 radical (unpaired) electrons. The maximum atomic E-state index is 11.4. The number of alkyl halides is 1. The van der Waals surface area contributed by atoms with Gasteiger partial charge in [0, 0.05) is 0 Å². The number of hydrogen-bond donors (Lipinski definition) is 0. The minimum Gasteiger partial charge on any atom is -0.435 e. The summed E-state index contributed by atoms with van der Waals surface area (Å²) < 4.78 is 4.98. The first-order chi connectivity index (χ1) is 6.74. The number of carbonyl (C=O) groups is 1. The van der Waals surface area contributed by atoms with Crippen molar-refractivity contribution in [3.63, 3.8) is 0 Å². The Hall–Kier alpha value is -1.27. The minimum absolute atomic E-state index is 0.379. The van der Waals surface area contributed by atoms with Crippen LogP contribution in [0.4, 0.5) is 0 Å². The number of rotatable bonds is 2. The molecule has 3 heteroatoms. The van der Waals surface area contributed by atoms with Crippen LogP contribution in [0, 0.1) is 11.8 Å². The zero-order chi connectivity index (χ0) is 10.4. The van der Waals surface area contributed by atoms with E-state index in [2.05, 4.69) is 27.8 Å². The van der Waals surface area contributed by atoms with Crippen LogP contribution in [-0.4, -0.2) is 11.0 Å². The van der Waals surface area contributed by atoms with Gasteiger partial charge in [0.05, 0.1) is 5.56 Å². The lowest BCUT2D eigenvalue weighted by atomic mass is 10.2. The van der Waals surface area contributed by atoms with Crippen molar-refractivity contribution >= 4 is 21.9 Å². The van der Waals surface area contributed by atoms with E-state index in [0.717, 1.165) is 0 Å². The van der Waals surface area contributed by atoms with E-state index in [1.165, 1.54) is 0 Å². The average Bonchev–Trinajstić information content (AvgIpc) is 2.19. The summed E-state index contributed by atoms with van der Waals surface area (Å²) in [4.78, 5) is 11.4. The first-order valence-electron chi connectivity index (χ1n) is 4.06. The molecule has 2 nitrogen and oxygen atoms in total. The lowest BCUT2D eigenvalue weighted by Gasteiger charge is -2.04. The van der Waals surface area contributed by atoms with E-state index in [0.29, 0.717) is 5.56 Å². The Kier molecular flexibility index (Phi) is 4.21. The Morgan fingerprint density at radius 3 is 2.64 bits per heavy atom. The zero-order valence-electron chi connectivity index (χ0n) is 7.66. The third-order valence-electron chi connectivity index (χ3n) is 1.48. The maximum Gasteiger partial charge on any atom is 0.340 e. The Morgan fingerprint density at radius 1 is 1.43 bits per heavy atom. The van der Waals surface area contributed by atoms with Gasteiger partial charge in [0.1, 0.15) is 0 Å². The first-order valence-corrected chi connectivity index (χ1v) is 4.98. The molecule has 0 aliphatic heterocycles. The zero-order valence-corrected chi connectivity index (χ0v) is 9.24. The molecule has 0 aromatic heterocycles. The van der Waals surface area contributed by atoms with Gasteiger partial charge in [0.25, 0.3) is 0 Å². The highest BCUT2D eigenvalue weighted by atomic mass is 79.9. The highest BCUT2D eigenvalue weighted by Gasteiger charge is 2.09. The molecule has 0 aliphatic rings. The third kappa shape index (κ3) is 3.23. The van der Waals surface area contributed by atoms with E-state index < -0.39 is 5.01 Å². The number of halogens is 1. The van der Waals surface area contributed by atoms with Crippen molar-refractivity contribution in [1.29, 1.82) is 0 Å². The molecule has 0 fully saturated rings. The standard InChI is InChI=1S/C11H9BrO2/c1-2-6-10(12)14-11(13)9-7-4-3-5-8-9/h3-5,7-8,10H,1H3. The Morgan fingerprint density at radius 2 is 2.07 bits per heavy atom. The monoisotopic (exact) mass is 252 g/mol. The summed E-state index contributed by atoms with van der Waals surface area (Å²) in [6, 6.07) is 8.80. The van der Waals surface area contributed by atoms with Crippen molar-refractivity contribution in [1.82, 2.24) is 0 Å². The fourth-order valence-corrected chi connectivity index (χ4v) is 1.28. The summed E-state index contributed by atoms with van der Waals surface area (Å²) in [6.07, 6.45) is 0. The molecule has 1 unspecified atom stereocenters. The summed E-state index contributed by atoms with van der Waals surface area (Å²) >= 11 is 3.12. The molecule has 0 saturated carbocycles. The molecule has 1 rings (SSSR count). The molecule has 1 aromatic rings. The summed E-state index contributed by atoms with van der Waals surface area (Å²) in [5.74, 6) is 4.94. The highest BCUT2D eigenvalue weighted by molar-refractivity contribution is 9.09. The topological polar surface area (TPSA) is 26.3 Å². The predicted octanol–water partition coefficient (Wildman–Crippen LogP) is 2.59. The quantitative estimate of drug-likeness (QED) is 0.460. The number of esters is 1. The van der Waals surface area contributed by atoms with Gasteiger partial charge in [-0.1, -0.05) is 18.2 Å². The SMILES string of the molecule is CC#CC(Br)OC(=O)c1ccccc1. The molecule has 0 bridgehead atoms. The van der Waals surface area contributed by atoms with Gasteiger partial charge in [-0.3, -0.25) is 0 Å². The largest absolute Gasteiger partial charge is 0.435 e. The van der Waals surface area contributed by atoms with E-state index in [1.807, 2.05) is 6.07 Å². The molecule has 1 atom stereocenters. The molecule has 1 aromatic carbocycles. The van der Waals surface area contributed by atoms with Crippen LogP contribution in [0.3, 0.4) is 0 Å². The summed E-state index contributed by atoms with van der Waals surface area (Å²) in [5, 5.41) is -0.541. The molecule has 14 heavy (non-hydrogen) atoms. The minimum atomic E-state index is -0.541. The van der Waals surface area contributed by atoms with E-state index in [-0.39, 0.29) is 5.97 Å². The van der Waals surface area contributed by atoms with Crippen LogP contribution in [0.25, 0.3) is 0 Å². The Bertz CT molecular complexity index is 362.